The SMILES string of the molecule is CCOC(=O)c1nc2ccccc2n(C(C)CC2CCC(C)N2C2Cc3cccc4cccc2c34)c1=O. The van der Waals surface area contributed by atoms with Crippen molar-refractivity contribution in [2.24, 2.45) is 0 Å². The van der Waals surface area contributed by atoms with Crippen LogP contribution in [0.5, 0.6) is 0 Å². The highest BCUT2D eigenvalue weighted by Gasteiger charge is 2.40. The third-order valence-corrected chi connectivity index (χ3v) is 8.32. The zero-order valence-electron chi connectivity index (χ0n) is 21.7. The second-order valence-electron chi connectivity index (χ2n) is 10.5. The van der Waals surface area contributed by atoms with Gasteiger partial charge in [0.05, 0.1) is 17.6 Å². The van der Waals surface area contributed by atoms with Gasteiger partial charge in [-0.3, -0.25) is 9.69 Å². The first kappa shape index (κ1) is 23.9. The summed E-state index contributed by atoms with van der Waals surface area (Å²) >= 11 is 0. The molecule has 1 aliphatic heterocycles. The topological polar surface area (TPSA) is 64.4 Å². The lowest BCUT2D eigenvalue weighted by molar-refractivity contribution is 0.0516. The molecule has 4 unspecified atom stereocenters. The smallest absolute Gasteiger partial charge is 0.362 e. The zero-order valence-corrected chi connectivity index (χ0v) is 21.7. The van der Waals surface area contributed by atoms with Gasteiger partial charge in [0.2, 0.25) is 5.69 Å². The number of carbonyl (C=O) groups is 1. The second kappa shape index (κ2) is 9.42. The van der Waals surface area contributed by atoms with Crippen molar-refractivity contribution in [3.05, 3.63) is 87.8 Å². The van der Waals surface area contributed by atoms with E-state index in [1.807, 2.05) is 24.3 Å². The van der Waals surface area contributed by atoms with E-state index in [0.29, 0.717) is 23.6 Å². The molecule has 0 amide bonds. The van der Waals surface area contributed by atoms with Gasteiger partial charge in [0, 0.05) is 24.2 Å². The quantitative estimate of drug-likeness (QED) is 0.315. The molecular weight excluding hydrogens is 462 g/mol. The summed E-state index contributed by atoms with van der Waals surface area (Å²) in [5.41, 5.74) is 3.73. The standard InChI is InChI=1S/C31H33N3O3/c1-4-37-31(36)29-30(35)34(26-14-6-5-13-25(26)32-29)20(3)17-23-16-15-19(2)33(23)27-18-22-11-7-9-21-10-8-12-24(27)28(21)22/h5-14,19-20,23,27H,4,15-18H2,1-3H3. The molecule has 1 saturated heterocycles. The maximum absolute atomic E-state index is 13.6. The number of hydrogen-bond donors (Lipinski definition) is 0. The first-order valence-corrected chi connectivity index (χ1v) is 13.4. The van der Waals surface area contributed by atoms with E-state index in [-0.39, 0.29) is 23.9 Å². The number of carbonyl (C=O) groups excluding carboxylic acids is 1. The van der Waals surface area contributed by atoms with Gasteiger partial charge in [-0.1, -0.05) is 48.5 Å². The molecule has 4 aromatic rings. The average molecular weight is 496 g/mol. The van der Waals surface area contributed by atoms with Crippen LogP contribution in [-0.4, -0.2) is 39.1 Å². The molecule has 1 aliphatic carbocycles. The van der Waals surface area contributed by atoms with Gasteiger partial charge >= 0.3 is 5.97 Å². The van der Waals surface area contributed by atoms with Gasteiger partial charge in [-0.25, -0.2) is 9.78 Å². The number of para-hydroxylation sites is 2. The van der Waals surface area contributed by atoms with Crippen LogP contribution in [0.15, 0.2) is 65.5 Å². The Bertz CT molecular complexity index is 1550. The van der Waals surface area contributed by atoms with Crippen LogP contribution in [0.2, 0.25) is 0 Å². The van der Waals surface area contributed by atoms with E-state index in [2.05, 4.69) is 60.1 Å². The number of hydrogen-bond acceptors (Lipinski definition) is 5. The highest BCUT2D eigenvalue weighted by Crippen LogP contribution is 2.45. The van der Waals surface area contributed by atoms with E-state index in [4.69, 9.17) is 4.74 Å². The van der Waals surface area contributed by atoms with Gasteiger partial charge in [-0.2, -0.15) is 0 Å². The minimum absolute atomic E-state index is 0.106. The average Bonchev–Trinajstić information content (AvgIpc) is 3.44. The number of rotatable bonds is 6. The summed E-state index contributed by atoms with van der Waals surface area (Å²) in [5, 5.41) is 2.73. The van der Waals surface area contributed by atoms with Crippen LogP contribution in [0.1, 0.15) is 73.7 Å². The van der Waals surface area contributed by atoms with E-state index in [0.717, 1.165) is 31.2 Å². The fourth-order valence-corrected chi connectivity index (χ4v) is 6.80. The lowest BCUT2D eigenvalue weighted by atomic mass is 10.0. The van der Waals surface area contributed by atoms with Crippen LogP contribution in [0.4, 0.5) is 0 Å². The summed E-state index contributed by atoms with van der Waals surface area (Å²) in [6.07, 6.45) is 4.08. The molecule has 6 nitrogen and oxygen atoms in total. The fourth-order valence-electron chi connectivity index (χ4n) is 6.80. The second-order valence-corrected chi connectivity index (χ2v) is 10.5. The van der Waals surface area contributed by atoms with E-state index >= 15 is 0 Å². The van der Waals surface area contributed by atoms with Gasteiger partial charge in [-0.15, -0.1) is 0 Å². The summed E-state index contributed by atoms with van der Waals surface area (Å²) in [6, 6.07) is 21.9. The molecule has 2 aliphatic rings. The number of aromatic nitrogens is 2. The summed E-state index contributed by atoms with van der Waals surface area (Å²) in [7, 11) is 0. The lowest BCUT2D eigenvalue weighted by Crippen LogP contribution is -2.40. The fraction of sp³-hybridized carbons (Fsp3) is 0.387. The number of nitrogens with zero attached hydrogens (tertiary/aromatic N) is 3. The van der Waals surface area contributed by atoms with Crippen molar-refractivity contribution < 1.29 is 9.53 Å². The highest BCUT2D eigenvalue weighted by molar-refractivity contribution is 5.91. The lowest BCUT2D eigenvalue weighted by Gasteiger charge is -2.36. The minimum atomic E-state index is -0.660. The monoisotopic (exact) mass is 495 g/mol. The third kappa shape index (κ3) is 3.95. The van der Waals surface area contributed by atoms with E-state index in [1.54, 1.807) is 11.5 Å². The Morgan fingerprint density at radius 3 is 2.68 bits per heavy atom. The van der Waals surface area contributed by atoms with Crippen molar-refractivity contribution in [1.82, 2.24) is 14.5 Å². The Labute approximate surface area is 216 Å². The summed E-state index contributed by atoms with van der Waals surface area (Å²) < 4.78 is 6.92. The molecule has 190 valence electrons. The molecular formula is C31H33N3O3. The van der Waals surface area contributed by atoms with Gasteiger partial charge in [0.25, 0.3) is 5.56 Å². The number of fused-ring (bicyclic) bond motifs is 1. The predicted molar refractivity (Wildman–Crippen MR) is 146 cm³/mol. The van der Waals surface area contributed by atoms with Crippen LogP contribution in [0, 0.1) is 0 Å². The number of esters is 1. The van der Waals surface area contributed by atoms with Gasteiger partial charge in [0.15, 0.2) is 0 Å². The molecule has 3 aromatic carbocycles. The first-order valence-electron chi connectivity index (χ1n) is 13.4. The van der Waals surface area contributed by atoms with Crippen molar-refractivity contribution >= 4 is 27.8 Å². The molecule has 6 rings (SSSR count). The summed E-state index contributed by atoms with van der Waals surface area (Å²) in [4.78, 5) is 33.3. The Hall–Kier alpha value is -3.51. The molecule has 0 saturated carbocycles. The van der Waals surface area contributed by atoms with Crippen molar-refractivity contribution in [2.75, 3.05) is 6.61 Å². The molecule has 0 N–H and O–H groups in total. The highest BCUT2D eigenvalue weighted by atomic mass is 16.5. The number of ether oxygens (including phenoxy) is 1. The van der Waals surface area contributed by atoms with Crippen molar-refractivity contribution in [3.8, 4) is 0 Å². The molecule has 0 spiro atoms. The van der Waals surface area contributed by atoms with Crippen LogP contribution in [-0.2, 0) is 11.2 Å². The van der Waals surface area contributed by atoms with Crippen LogP contribution < -0.4 is 5.56 Å². The first-order chi connectivity index (χ1) is 18.0. The third-order valence-electron chi connectivity index (χ3n) is 8.32. The molecule has 4 atom stereocenters. The molecule has 0 radical (unpaired) electrons. The summed E-state index contributed by atoms with van der Waals surface area (Å²) in [6.45, 7) is 6.36. The molecule has 37 heavy (non-hydrogen) atoms. The van der Waals surface area contributed by atoms with Crippen LogP contribution in [0.3, 0.4) is 0 Å². The molecule has 1 aromatic heterocycles. The van der Waals surface area contributed by atoms with Crippen molar-refractivity contribution in [3.63, 3.8) is 0 Å². The molecule has 6 heteroatoms. The van der Waals surface area contributed by atoms with E-state index in [9.17, 15) is 9.59 Å². The number of likely N-dealkylation sites (tertiary alicyclic amines) is 1. The summed E-state index contributed by atoms with van der Waals surface area (Å²) in [5.74, 6) is -0.660. The molecule has 1 fully saturated rings. The Morgan fingerprint density at radius 2 is 1.86 bits per heavy atom. The number of benzene rings is 3. The molecule has 2 heterocycles. The Kier molecular flexibility index (Phi) is 6.07. The van der Waals surface area contributed by atoms with Crippen LogP contribution >= 0.6 is 0 Å². The van der Waals surface area contributed by atoms with Gasteiger partial charge in [-0.05, 0) is 80.5 Å². The Morgan fingerprint density at radius 1 is 1.08 bits per heavy atom. The zero-order chi connectivity index (χ0) is 25.7. The normalized spacial score (nSPS) is 22.1. The van der Waals surface area contributed by atoms with Gasteiger partial charge in [0.1, 0.15) is 0 Å². The van der Waals surface area contributed by atoms with Crippen LogP contribution in [0.25, 0.3) is 21.8 Å². The maximum atomic E-state index is 13.6. The predicted octanol–water partition coefficient (Wildman–Crippen LogP) is 5.83. The largest absolute Gasteiger partial charge is 0.461 e. The van der Waals surface area contributed by atoms with E-state index in [1.165, 1.54) is 21.9 Å². The Balaban J connectivity index is 1.36. The molecule has 0 bridgehead atoms. The van der Waals surface area contributed by atoms with E-state index < -0.39 is 5.97 Å². The minimum Gasteiger partial charge on any atom is -0.461 e. The van der Waals surface area contributed by atoms with Crippen molar-refractivity contribution in [1.29, 1.82) is 0 Å². The van der Waals surface area contributed by atoms with Crippen molar-refractivity contribution in [2.45, 2.75) is 70.6 Å². The van der Waals surface area contributed by atoms with Gasteiger partial charge < -0.3 is 9.30 Å². The maximum Gasteiger partial charge on any atom is 0.362 e.